The first-order chi connectivity index (χ1) is 6.89. The number of rotatable bonds is 3. The number of halogens is 3. The summed E-state index contributed by atoms with van der Waals surface area (Å²) in [5.41, 5.74) is 1.42. The van der Waals surface area contributed by atoms with E-state index in [0.29, 0.717) is 5.69 Å². The Morgan fingerprint density at radius 1 is 1.47 bits per heavy atom. The van der Waals surface area contributed by atoms with E-state index in [1.807, 2.05) is 6.92 Å². The number of ketones is 1. The Morgan fingerprint density at radius 2 is 2.13 bits per heavy atom. The van der Waals surface area contributed by atoms with Crippen molar-refractivity contribution in [2.45, 2.75) is 25.9 Å². The zero-order chi connectivity index (χ0) is 11.5. The molecular formula is C10H10F3NO. The monoisotopic (exact) mass is 217 g/mol. The molecule has 0 N–H and O–H groups in total. The summed E-state index contributed by atoms with van der Waals surface area (Å²) < 4.78 is 35.6. The molecule has 82 valence electrons. The number of carbonyl (C=O) groups is 1. The van der Waals surface area contributed by atoms with Gasteiger partial charge in [0, 0.05) is 18.3 Å². The summed E-state index contributed by atoms with van der Waals surface area (Å²) in [6, 6.07) is 3.42. The Morgan fingerprint density at radius 3 is 2.67 bits per heavy atom. The fraction of sp³-hybridized carbons (Fsp3) is 0.400. The molecule has 5 heteroatoms. The third kappa shape index (κ3) is 3.69. The quantitative estimate of drug-likeness (QED) is 0.778. The first-order valence-corrected chi connectivity index (χ1v) is 4.41. The molecule has 0 fully saturated rings. The maximum absolute atomic E-state index is 11.9. The van der Waals surface area contributed by atoms with Crippen LogP contribution >= 0.6 is 0 Å². The number of pyridine rings is 1. The zero-order valence-electron chi connectivity index (χ0n) is 8.14. The van der Waals surface area contributed by atoms with Gasteiger partial charge in [-0.25, -0.2) is 0 Å². The molecule has 2 nitrogen and oxygen atoms in total. The van der Waals surface area contributed by atoms with Gasteiger partial charge in [-0.3, -0.25) is 9.78 Å². The average Bonchev–Trinajstić information content (AvgIpc) is 2.12. The molecule has 1 rings (SSSR count). The molecule has 0 aliphatic carbocycles. The number of hydrogen-bond acceptors (Lipinski definition) is 2. The van der Waals surface area contributed by atoms with Crippen LogP contribution in [0.25, 0.3) is 0 Å². The number of hydrogen-bond donors (Lipinski definition) is 0. The van der Waals surface area contributed by atoms with Crippen molar-refractivity contribution in [1.29, 1.82) is 0 Å². The number of nitrogens with zero attached hydrogens (tertiary/aromatic N) is 1. The molecule has 0 atom stereocenters. The van der Waals surface area contributed by atoms with E-state index < -0.39 is 18.4 Å². The van der Waals surface area contributed by atoms with E-state index in [-0.39, 0.29) is 6.42 Å². The molecule has 0 spiro atoms. The molecule has 0 amide bonds. The van der Waals surface area contributed by atoms with Crippen LogP contribution in [0.1, 0.15) is 17.7 Å². The number of carbonyl (C=O) groups excluding carboxylic acids is 1. The van der Waals surface area contributed by atoms with Crippen LogP contribution in [0, 0.1) is 6.92 Å². The van der Waals surface area contributed by atoms with Crippen molar-refractivity contribution in [2.75, 3.05) is 0 Å². The number of aryl methyl sites for hydroxylation is 2. The third-order valence-electron chi connectivity index (χ3n) is 1.90. The Hall–Kier alpha value is -1.39. The van der Waals surface area contributed by atoms with Crippen LogP contribution < -0.4 is 0 Å². The lowest BCUT2D eigenvalue weighted by atomic mass is 10.1. The molecule has 0 bridgehead atoms. The zero-order valence-corrected chi connectivity index (χ0v) is 8.14. The first-order valence-electron chi connectivity index (χ1n) is 4.41. The van der Waals surface area contributed by atoms with Gasteiger partial charge in [-0.2, -0.15) is 13.2 Å². The number of Topliss-reactive ketones (excluding diaryl/α,β-unsaturated/α-hetero) is 1. The summed E-state index contributed by atoms with van der Waals surface area (Å²) in [6.45, 7) is 1.82. The van der Waals surface area contributed by atoms with Crippen molar-refractivity contribution in [1.82, 2.24) is 4.98 Å². The van der Waals surface area contributed by atoms with Crippen molar-refractivity contribution in [3.05, 3.63) is 29.6 Å². The van der Waals surface area contributed by atoms with E-state index >= 15 is 0 Å². The maximum Gasteiger partial charge on any atom is 0.449 e. The normalized spacial score (nSPS) is 11.5. The summed E-state index contributed by atoms with van der Waals surface area (Å²) in [5.74, 6) is -1.70. The molecule has 0 saturated heterocycles. The molecule has 0 aromatic carbocycles. The lowest BCUT2D eigenvalue weighted by molar-refractivity contribution is -0.171. The molecule has 1 aromatic heterocycles. The summed E-state index contributed by atoms with van der Waals surface area (Å²) in [5, 5.41) is 0. The van der Waals surface area contributed by atoms with Crippen molar-refractivity contribution in [3.63, 3.8) is 0 Å². The van der Waals surface area contributed by atoms with E-state index in [1.165, 1.54) is 6.20 Å². The highest BCUT2D eigenvalue weighted by molar-refractivity contribution is 5.84. The fourth-order valence-corrected chi connectivity index (χ4v) is 1.12. The Kier molecular flexibility index (Phi) is 3.44. The van der Waals surface area contributed by atoms with Crippen LogP contribution in [0.5, 0.6) is 0 Å². The van der Waals surface area contributed by atoms with Gasteiger partial charge in [0.25, 0.3) is 0 Å². The maximum atomic E-state index is 11.9. The molecule has 1 heterocycles. The van der Waals surface area contributed by atoms with Gasteiger partial charge in [-0.05, 0) is 31.0 Å². The summed E-state index contributed by atoms with van der Waals surface area (Å²) in [4.78, 5) is 14.4. The van der Waals surface area contributed by atoms with Gasteiger partial charge in [0.05, 0.1) is 0 Å². The second kappa shape index (κ2) is 4.42. The molecule has 0 aliphatic rings. The van der Waals surface area contributed by atoms with Crippen molar-refractivity contribution >= 4 is 5.78 Å². The van der Waals surface area contributed by atoms with Gasteiger partial charge in [0.2, 0.25) is 5.78 Å². The molecular weight excluding hydrogens is 207 g/mol. The van der Waals surface area contributed by atoms with Gasteiger partial charge >= 0.3 is 6.18 Å². The minimum atomic E-state index is -4.73. The lowest BCUT2D eigenvalue weighted by Gasteiger charge is -2.04. The highest BCUT2D eigenvalue weighted by Crippen LogP contribution is 2.18. The summed E-state index contributed by atoms with van der Waals surface area (Å²) >= 11 is 0. The molecule has 15 heavy (non-hydrogen) atoms. The number of alkyl halides is 3. The molecule has 0 saturated carbocycles. The van der Waals surface area contributed by atoms with Gasteiger partial charge < -0.3 is 0 Å². The van der Waals surface area contributed by atoms with Gasteiger partial charge in [0.1, 0.15) is 0 Å². The predicted octanol–water partition coefficient (Wildman–Crippen LogP) is 2.45. The summed E-state index contributed by atoms with van der Waals surface area (Å²) in [6.07, 6.45) is -3.73. The highest BCUT2D eigenvalue weighted by Gasteiger charge is 2.37. The topological polar surface area (TPSA) is 30.0 Å². The van der Waals surface area contributed by atoms with Crippen LogP contribution in [-0.4, -0.2) is 16.9 Å². The van der Waals surface area contributed by atoms with Crippen LogP contribution in [0.4, 0.5) is 13.2 Å². The van der Waals surface area contributed by atoms with Crippen molar-refractivity contribution < 1.29 is 18.0 Å². The minimum Gasteiger partial charge on any atom is -0.290 e. The Balaban J connectivity index is 2.55. The standard InChI is InChI=1S/C10H10F3NO/c1-7-4-5-14-8(6-7)2-3-9(15)10(11,12)13/h4-6H,2-3H2,1H3. The smallest absolute Gasteiger partial charge is 0.290 e. The molecule has 1 aromatic rings. The molecule has 0 unspecified atom stereocenters. The van der Waals surface area contributed by atoms with Crippen LogP contribution in [-0.2, 0) is 11.2 Å². The van der Waals surface area contributed by atoms with Crippen molar-refractivity contribution in [2.24, 2.45) is 0 Å². The second-order valence-electron chi connectivity index (χ2n) is 3.25. The van der Waals surface area contributed by atoms with E-state index in [4.69, 9.17) is 0 Å². The molecule has 0 aliphatic heterocycles. The van der Waals surface area contributed by atoms with E-state index in [9.17, 15) is 18.0 Å². The summed E-state index contributed by atoms with van der Waals surface area (Å²) in [7, 11) is 0. The van der Waals surface area contributed by atoms with E-state index in [2.05, 4.69) is 4.98 Å². The second-order valence-corrected chi connectivity index (χ2v) is 3.25. The van der Waals surface area contributed by atoms with Gasteiger partial charge in [0.15, 0.2) is 0 Å². The SMILES string of the molecule is Cc1ccnc(CCC(=O)C(F)(F)F)c1. The minimum absolute atomic E-state index is 0.0278. The number of aromatic nitrogens is 1. The third-order valence-corrected chi connectivity index (χ3v) is 1.90. The van der Waals surface area contributed by atoms with Crippen LogP contribution in [0.15, 0.2) is 18.3 Å². The Bertz CT molecular complexity index is 360. The van der Waals surface area contributed by atoms with Crippen LogP contribution in [0.2, 0.25) is 0 Å². The average molecular weight is 217 g/mol. The lowest BCUT2D eigenvalue weighted by Crippen LogP contribution is -2.23. The van der Waals surface area contributed by atoms with E-state index in [1.54, 1.807) is 12.1 Å². The first kappa shape index (κ1) is 11.7. The van der Waals surface area contributed by atoms with E-state index in [0.717, 1.165) is 5.56 Å². The largest absolute Gasteiger partial charge is 0.449 e. The highest BCUT2D eigenvalue weighted by atomic mass is 19.4. The molecule has 0 radical (unpaired) electrons. The van der Waals surface area contributed by atoms with Crippen molar-refractivity contribution in [3.8, 4) is 0 Å². The Labute approximate surface area is 85.1 Å². The van der Waals surface area contributed by atoms with Gasteiger partial charge in [-0.1, -0.05) is 0 Å². The fourth-order valence-electron chi connectivity index (χ4n) is 1.12. The van der Waals surface area contributed by atoms with Crippen LogP contribution in [0.3, 0.4) is 0 Å². The predicted molar refractivity (Wildman–Crippen MR) is 48.4 cm³/mol. The van der Waals surface area contributed by atoms with Gasteiger partial charge in [-0.15, -0.1) is 0 Å².